The van der Waals surface area contributed by atoms with Crippen LogP contribution in [-0.4, -0.2) is 17.5 Å². The number of halogens is 1. The Morgan fingerprint density at radius 1 is 1.21 bits per heavy atom. The molecular formula is C19H18BrNO3. The third kappa shape index (κ3) is 3.22. The molecule has 0 unspecified atom stereocenters. The molecule has 1 amide bonds. The van der Waals surface area contributed by atoms with E-state index in [4.69, 9.17) is 4.74 Å². The van der Waals surface area contributed by atoms with Crippen molar-refractivity contribution in [3.63, 3.8) is 0 Å². The van der Waals surface area contributed by atoms with Crippen LogP contribution in [-0.2, 0) is 16.0 Å². The molecule has 1 N–H and O–H groups in total. The van der Waals surface area contributed by atoms with Crippen LogP contribution < -0.4 is 5.32 Å². The van der Waals surface area contributed by atoms with E-state index in [0.717, 1.165) is 15.6 Å². The lowest BCUT2D eigenvalue weighted by Gasteiger charge is -2.34. The van der Waals surface area contributed by atoms with E-state index in [9.17, 15) is 9.59 Å². The van der Waals surface area contributed by atoms with Crippen molar-refractivity contribution >= 4 is 27.8 Å². The van der Waals surface area contributed by atoms with Crippen LogP contribution >= 0.6 is 15.9 Å². The number of benzene rings is 2. The Hall–Kier alpha value is -2.14. The second kappa shape index (κ2) is 6.40. The Labute approximate surface area is 149 Å². The van der Waals surface area contributed by atoms with Gasteiger partial charge in [-0.2, -0.15) is 0 Å². The van der Waals surface area contributed by atoms with Crippen LogP contribution in [0.5, 0.6) is 0 Å². The molecule has 0 saturated heterocycles. The molecule has 1 aliphatic heterocycles. The Morgan fingerprint density at radius 2 is 1.88 bits per heavy atom. The van der Waals surface area contributed by atoms with E-state index in [1.54, 1.807) is 19.1 Å². The van der Waals surface area contributed by atoms with Crippen LogP contribution in [0.4, 0.5) is 0 Å². The molecule has 3 rings (SSSR count). The summed E-state index contributed by atoms with van der Waals surface area (Å²) in [6.45, 7) is 3.56. The van der Waals surface area contributed by atoms with Gasteiger partial charge in [-0.25, -0.2) is 4.79 Å². The summed E-state index contributed by atoms with van der Waals surface area (Å²) in [4.78, 5) is 24.9. The quantitative estimate of drug-likeness (QED) is 0.814. The molecule has 0 aliphatic carbocycles. The standard InChI is InChI=1S/C19H18BrNO3/c1-12(13-7-9-15(20)10-8-13)21-18(23)19(2)11-14-5-3-4-6-16(14)17(22)24-19/h3-10,12H,11H2,1-2H3,(H,21,23)/t12-,19-/m0/s1. The van der Waals surface area contributed by atoms with Gasteiger partial charge in [0, 0.05) is 10.9 Å². The Bertz CT molecular complexity index is 787. The van der Waals surface area contributed by atoms with Crippen LogP contribution in [0.3, 0.4) is 0 Å². The van der Waals surface area contributed by atoms with Crippen molar-refractivity contribution in [2.24, 2.45) is 0 Å². The fourth-order valence-electron chi connectivity index (χ4n) is 2.84. The van der Waals surface area contributed by atoms with Gasteiger partial charge in [0.25, 0.3) is 5.91 Å². The number of esters is 1. The first kappa shape index (κ1) is 16.7. The van der Waals surface area contributed by atoms with Crippen molar-refractivity contribution < 1.29 is 14.3 Å². The fourth-order valence-corrected chi connectivity index (χ4v) is 3.11. The van der Waals surface area contributed by atoms with Gasteiger partial charge in [-0.1, -0.05) is 46.3 Å². The summed E-state index contributed by atoms with van der Waals surface area (Å²) in [5.74, 6) is -0.744. The van der Waals surface area contributed by atoms with Gasteiger partial charge in [-0.3, -0.25) is 4.79 Å². The van der Waals surface area contributed by atoms with Gasteiger partial charge in [-0.15, -0.1) is 0 Å². The second-order valence-corrected chi connectivity index (χ2v) is 7.12. The van der Waals surface area contributed by atoms with Crippen molar-refractivity contribution in [2.75, 3.05) is 0 Å². The van der Waals surface area contributed by atoms with Crippen LogP contribution in [0.1, 0.15) is 41.4 Å². The molecule has 1 aliphatic rings. The van der Waals surface area contributed by atoms with Crippen LogP contribution in [0.25, 0.3) is 0 Å². The zero-order valence-corrected chi connectivity index (χ0v) is 15.1. The summed E-state index contributed by atoms with van der Waals surface area (Å²) in [5, 5.41) is 2.95. The first-order valence-electron chi connectivity index (χ1n) is 7.77. The molecule has 1 heterocycles. The fraction of sp³-hybridized carbons (Fsp3) is 0.263. The molecule has 2 aromatic carbocycles. The maximum atomic E-state index is 12.7. The van der Waals surface area contributed by atoms with E-state index in [-0.39, 0.29) is 11.9 Å². The van der Waals surface area contributed by atoms with E-state index in [2.05, 4.69) is 21.2 Å². The van der Waals surface area contributed by atoms with Crippen LogP contribution in [0.2, 0.25) is 0 Å². The predicted molar refractivity (Wildman–Crippen MR) is 94.7 cm³/mol. The van der Waals surface area contributed by atoms with E-state index in [0.29, 0.717) is 12.0 Å². The van der Waals surface area contributed by atoms with Crippen molar-refractivity contribution in [3.8, 4) is 0 Å². The molecule has 0 bridgehead atoms. The Balaban J connectivity index is 1.77. The lowest BCUT2D eigenvalue weighted by molar-refractivity contribution is -0.140. The maximum Gasteiger partial charge on any atom is 0.339 e. The molecule has 0 radical (unpaired) electrons. The number of ether oxygens (including phenoxy) is 1. The van der Waals surface area contributed by atoms with Gasteiger partial charge in [0.15, 0.2) is 5.60 Å². The number of nitrogens with one attached hydrogen (secondary N) is 1. The monoisotopic (exact) mass is 387 g/mol. The average molecular weight is 388 g/mol. The van der Waals surface area contributed by atoms with Gasteiger partial charge < -0.3 is 10.1 Å². The highest BCUT2D eigenvalue weighted by molar-refractivity contribution is 9.10. The van der Waals surface area contributed by atoms with Crippen LogP contribution in [0, 0.1) is 0 Å². The Morgan fingerprint density at radius 3 is 2.58 bits per heavy atom. The molecule has 4 nitrogen and oxygen atoms in total. The summed E-state index contributed by atoms with van der Waals surface area (Å²) >= 11 is 3.39. The van der Waals surface area contributed by atoms with E-state index in [1.165, 1.54) is 0 Å². The maximum absolute atomic E-state index is 12.7. The first-order chi connectivity index (χ1) is 11.4. The summed E-state index contributed by atoms with van der Waals surface area (Å²) in [6.07, 6.45) is 0.369. The lowest BCUT2D eigenvalue weighted by atomic mass is 9.89. The molecule has 0 fully saturated rings. The molecule has 0 saturated carbocycles. The van der Waals surface area contributed by atoms with E-state index < -0.39 is 11.6 Å². The first-order valence-corrected chi connectivity index (χ1v) is 8.56. The minimum atomic E-state index is -1.20. The highest BCUT2D eigenvalue weighted by Crippen LogP contribution is 2.29. The van der Waals surface area contributed by atoms with Crippen molar-refractivity contribution in [1.82, 2.24) is 5.32 Å². The van der Waals surface area contributed by atoms with Gasteiger partial charge in [0.2, 0.25) is 0 Å². The number of fused-ring (bicyclic) bond motifs is 1. The number of cyclic esters (lactones) is 1. The number of amides is 1. The minimum Gasteiger partial charge on any atom is -0.445 e. The number of hydrogen-bond donors (Lipinski definition) is 1. The molecule has 0 aromatic heterocycles. The normalized spacial score (nSPS) is 20.7. The topological polar surface area (TPSA) is 55.4 Å². The third-order valence-electron chi connectivity index (χ3n) is 4.28. The molecule has 124 valence electrons. The van der Waals surface area contributed by atoms with Gasteiger partial charge in [0.1, 0.15) is 0 Å². The smallest absolute Gasteiger partial charge is 0.339 e. The highest BCUT2D eigenvalue weighted by Gasteiger charge is 2.42. The molecular weight excluding hydrogens is 370 g/mol. The zero-order chi connectivity index (χ0) is 17.3. The van der Waals surface area contributed by atoms with Gasteiger partial charge in [-0.05, 0) is 43.2 Å². The average Bonchev–Trinajstić information content (AvgIpc) is 2.55. The molecule has 2 aromatic rings. The van der Waals surface area contributed by atoms with E-state index in [1.807, 2.05) is 43.3 Å². The lowest BCUT2D eigenvalue weighted by Crippen LogP contribution is -2.52. The SMILES string of the molecule is C[C@H](NC(=O)[C@]1(C)Cc2ccccc2C(=O)O1)c1ccc(Br)cc1. The van der Waals surface area contributed by atoms with E-state index >= 15 is 0 Å². The predicted octanol–water partition coefficient (Wildman–Crippen LogP) is 3.80. The number of carbonyl (C=O) groups is 2. The van der Waals surface area contributed by atoms with Crippen molar-refractivity contribution in [3.05, 3.63) is 69.7 Å². The summed E-state index contributed by atoms with van der Waals surface area (Å²) in [5.41, 5.74) is 1.15. The largest absolute Gasteiger partial charge is 0.445 e. The molecule has 24 heavy (non-hydrogen) atoms. The Kier molecular flexibility index (Phi) is 4.45. The zero-order valence-electron chi connectivity index (χ0n) is 13.5. The highest BCUT2D eigenvalue weighted by atomic mass is 79.9. The van der Waals surface area contributed by atoms with Gasteiger partial charge >= 0.3 is 5.97 Å². The number of carbonyl (C=O) groups excluding carboxylic acids is 2. The minimum absolute atomic E-state index is 0.182. The molecule has 0 spiro atoms. The van der Waals surface area contributed by atoms with Gasteiger partial charge in [0.05, 0.1) is 11.6 Å². The second-order valence-electron chi connectivity index (χ2n) is 6.20. The van der Waals surface area contributed by atoms with Crippen molar-refractivity contribution in [2.45, 2.75) is 31.9 Å². The van der Waals surface area contributed by atoms with Crippen molar-refractivity contribution in [1.29, 1.82) is 0 Å². The summed E-state index contributed by atoms with van der Waals surface area (Å²) in [6, 6.07) is 14.8. The molecule has 5 heteroatoms. The molecule has 2 atom stereocenters. The number of rotatable bonds is 3. The number of hydrogen-bond acceptors (Lipinski definition) is 3. The third-order valence-corrected chi connectivity index (χ3v) is 4.81. The summed E-state index contributed by atoms with van der Waals surface area (Å²) < 4.78 is 6.44. The van der Waals surface area contributed by atoms with Crippen LogP contribution in [0.15, 0.2) is 53.0 Å². The summed E-state index contributed by atoms with van der Waals surface area (Å²) in [7, 11) is 0.